The van der Waals surface area contributed by atoms with E-state index in [0.717, 1.165) is 38.6 Å². The molecule has 2 N–H and O–H groups in total. The highest BCUT2D eigenvalue weighted by atomic mass is 16.5. The molecule has 1 aliphatic heterocycles. The monoisotopic (exact) mass is 226 g/mol. The molecule has 0 amide bonds. The van der Waals surface area contributed by atoms with Gasteiger partial charge in [0.25, 0.3) is 0 Å². The number of nitrogens with two attached hydrogens (primary N) is 1. The van der Waals surface area contributed by atoms with Gasteiger partial charge in [-0.1, -0.05) is 6.92 Å². The van der Waals surface area contributed by atoms with Crippen LogP contribution in [-0.2, 0) is 4.74 Å². The van der Waals surface area contributed by atoms with E-state index in [1.54, 1.807) is 0 Å². The summed E-state index contributed by atoms with van der Waals surface area (Å²) < 4.78 is 5.58. The molecule has 94 valence electrons. The second kappa shape index (κ2) is 5.48. The zero-order valence-electron chi connectivity index (χ0n) is 10.6. The van der Waals surface area contributed by atoms with E-state index in [0.29, 0.717) is 0 Å². The van der Waals surface area contributed by atoms with E-state index in [1.165, 1.54) is 32.2 Å². The molecule has 0 aromatic rings. The molecule has 0 aromatic heterocycles. The Morgan fingerprint density at radius 2 is 2.12 bits per heavy atom. The molecule has 1 atom stereocenters. The number of hydrogen-bond donors (Lipinski definition) is 1. The van der Waals surface area contributed by atoms with E-state index in [1.807, 2.05) is 0 Å². The molecule has 3 nitrogen and oxygen atoms in total. The van der Waals surface area contributed by atoms with Crippen LogP contribution in [0.5, 0.6) is 0 Å². The van der Waals surface area contributed by atoms with Gasteiger partial charge in [0.1, 0.15) is 0 Å². The van der Waals surface area contributed by atoms with E-state index in [2.05, 4.69) is 11.8 Å². The number of nitrogens with zero attached hydrogens (tertiary/aromatic N) is 1. The first-order valence-corrected chi connectivity index (χ1v) is 6.83. The molecule has 2 fully saturated rings. The Morgan fingerprint density at radius 3 is 2.75 bits per heavy atom. The summed E-state index contributed by atoms with van der Waals surface area (Å²) in [4.78, 5) is 2.64. The van der Waals surface area contributed by atoms with Gasteiger partial charge in [0, 0.05) is 31.8 Å². The first-order chi connectivity index (χ1) is 7.80. The predicted octanol–water partition coefficient (Wildman–Crippen LogP) is 1.62. The van der Waals surface area contributed by atoms with Gasteiger partial charge in [0.2, 0.25) is 0 Å². The van der Waals surface area contributed by atoms with Crippen LogP contribution >= 0.6 is 0 Å². The Morgan fingerprint density at radius 1 is 1.31 bits per heavy atom. The normalized spacial score (nSPS) is 31.7. The number of hydrogen-bond acceptors (Lipinski definition) is 3. The van der Waals surface area contributed by atoms with Crippen molar-refractivity contribution in [1.29, 1.82) is 0 Å². The molecule has 3 heteroatoms. The third-order valence-corrected chi connectivity index (χ3v) is 4.25. The number of likely N-dealkylation sites (N-methyl/N-ethyl adjacent to an activating group) is 1. The van der Waals surface area contributed by atoms with Crippen molar-refractivity contribution in [3.63, 3.8) is 0 Å². The van der Waals surface area contributed by atoms with Crippen LogP contribution in [-0.4, -0.2) is 43.3 Å². The smallest absolute Gasteiger partial charge is 0.0484 e. The Balaban J connectivity index is 2.02. The van der Waals surface area contributed by atoms with Crippen LogP contribution in [0.25, 0.3) is 0 Å². The molecule has 16 heavy (non-hydrogen) atoms. The van der Waals surface area contributed by atoms with Crippen molar-refractivity contribution in [3.05, 3.63) is 0 Å². The molecule has 0 aromatic carbocycles. The van der Waals surface area contributed by atoms with Crippen LogP contribution in [0.1, 0.15) is 39.0 Å². The molecule has 0 bridgehead atoms. The van der Waals surface area contributed by atoms with Crippen LogP contribution in [0, 0.1) is 5.92 Å². The van der Waals surface area contributed by atoms with Gasteiger partial charge in [-0.3, -0.25) is 4.90 Å². The fourth-order valence-corrected chi connectivity index (χ4v) is 2.91. The fraction of sp³-hybridized carbons (Fsp3) is 1.00. The minimum atomic E-state index is 0.230. The summed E-state index contributed by atoms with van der Waals surface area (Å²) >= 11 is 0. The average molecular weight is 226 g/mol. The van der Waals surface area contributed by atoms with Crippen LogP contribution in [0.15, 0.2) is 0 Å². The van der Waals surface area contributed by atoms with Crippen LogP contribution in [0.4, 0.5) is 0 Å². The maximum atomic E-state index is 6.08. The molecule has 1 saturated carbocycles. The van der Waals surface area contributed by atoms with Crippen molar-refractivity contribution in [2.75, 3.05) is 32.8 Å². The summed E-state index contributed by atoms with van der Waals surface area (Å²) in [6, 6.07) is 0. The average Bonchev–Trinajstić information content (AvgIpc) is 3.13. The lowest BCUT2D eigenvalue weighted by Crippen LogP contribution is -2.54. The van der Waals surface area contributed by atoms with Crippen molar-refractivity contribution < 1.29 is 4.74 Å². The Hall–Kier alpha value is -0.120. The minimum absolute atomic E-state index is 0.230. The molecule has 0 spiro atoms. The lowest BCUT2D eigenvalue weighted by atomic mass is 9.88. The summed E-state index contributed by atoms with van der Waals surface area (Å²) in [5.41, 5.74) is 6.31. The predicted molar refractivity (Wildman–Crippen MR) is 66.4 cm³/mol. The number of ether oxygens (including phenoxy) is 1. The highest BCUT2D eigenvalue weighted by Crippen LogP contribution is 2.34. The fourth-order valence-electron chi connectivity index (χ4n) is 2.91. The van der Waals surface area contributed by atoms with E-state index in [-0.39, 0.29) is 5.54 Å². The van der Waals surface area contributed by atoms with Gasteiger partial charge < -0.3 is 10.5 Å². The van der Waals surface area contributed by atoms with Crippen LogP contribution < -0.4 is 5.73 Å². The molecule has 1 unspecified atom stereocenters. The first kappa shape index (κ1) is 12.3. The molecule has 1 heterocycles. The molecule has 0 radical (unpaired) electrons. The SMILES string of the molecule is CCN(CC1CC1)C1(CN)CCCOCC1. The van der Waals surface area contributed by atoms with Gasteiger partial charge >= 0.3 is 0 Å². The first-order valence-electron chi connectivity index (χ1n) is 6.83. The highest BCUT2D eigenvalue weighted by Gasteiger charge is 2.37. The van der Waals surface area contributed by atoms with Crippen molar-refractivity contribution in [2.45, 2.75) is 44.6 Å². The molecular formula is C13H26N2O. The van der Waals surface area contributed by atoms with E-state index in [9.17, 15) is 0 Å². The standard InChI is InChI=1S/C13H26N2O/c1-2-15(10-12-4-5-12)13(11-14)6-3-8-16-9-7-13/h12H,2-11,14H2,1H3. The second-order valence-electron chi connectivity index (χ2n) is 5.38. The largest absolute Gasteiger partial charge is 0.381 e. The zero-order chi connectivity index (χ0) is 11.4. The summed E-state index contributed by atoms with van der Waals surface area (Å²) in [5, 5.41) is 0. The van der Waals surface area contributed by atoms with Gasteiger partial charge in [-0.05, 0) is 44.6 Å². The van der Waals surface area contributed by atoms with Crippen molar-refractivity contribution >= 4 is 0 Å². The van der Waals surface area contributed by atoms with E-state index < -0.39 is 0 Å². The van der Waals surface area contributed by atoms with Gasteiger partial charge in [-0.25, -0.2) is 0 Å². The lowest BCUT2D eigenvalue weighted by Gasteiger charge is -2.42. The molecular weight excluding hydrogens is 200 g/mol. The Bertz CT molecular complexity index is 208. The van der Waals surface area contributed by atoms with Crippen molar-refractivity contribution in [3.8, 4) is 0 Å². The Kier molecular flexibility index (Phi) is 4.22. The van der Waals surface area contributed by atoms with Crippen molar-refractivity contribution in [1.82, 2.24) is 4.90 Å². The van der Waals surface area contributed by atoms with Crippen LogP contribution in [0.3, 0.4) is 0 Å². The van der Waals surface area contributed by atoms with Gasteiger partial charge in [0.05, 0.1) is 0 Å². The highest BCUT2D eigenvalue weighted by molar-refractivity contribution is 4.94. The summed E-state index contributed by atoms with van der Waals surface area (Å²) in [7, 11) is 0. The van der Waals surface area contributed by atoms with E-state index >= 15 is 0 Å². The number of rotatable bonds is 5. The maximum Gasteiger partial charge on any atom is 0.0484 e. The van der Waals surface area contributed by atoms with Gasteiger partial charge in [-0.15, -0.1) is 0 Å². The van der Waals surface area contributed by atoms with Crippen LogP contribution in [0.2, 0.25) is 0 Å². The second-order valence-corrected chi connectivity index (χ2v) is 5.38. The summed E-state index contributed by atoms with van der Waals surface area (Å²) in [6.45, 7) is 7.25. The molecule has 1 saturated heterocycles. The lowest BCUT2D eigenvalue weighted by molar-refractivity contribution is 0.0673. The van der Waals surface area contributed by atoms with Gasteiger partial charge in [-0.2, -0.15) is 0 Å². The van der Waals surface area contributed by atoms with Crippen molar-refractivity contribution in [2.24, 2.45) is 11.7 Å². The molecule has 2 rings (SSSR count). The molecule has 1 aliphatic carbocycles. The molecule has 2 aliphatic rings. The maximum absolute atomic E-state index is 6.08. The summed E-state index contributed by atoms with van der Waals surface area (Å²) in [5.74, 6) is 0.951. The third kappa shape index (κ3) is 2.76. The minimum Gasteiger partial charge on any atom is -0.381 e. The van der Waals surface area contributed by atoms with Gasteiger partial charge in [0.15, 0.2) is 0 Å². The Labute approximate surface area is 99.3 Å². The summed E-state index contributed by atoms with van der Waals surface area (Å²) in [6.07, 6.45) is 6.34. The van der Waals surface area contributed by atoms with E-state index in [4.69, 9.17) is 10.5 Å². The third-order valence-electron chi connectivity index (χ3n) is 4.25. The zero-order valence-corrected chi connectivity index (χ0v) is 10.6. The quantitative estimate of drug-likeness (QED) is 0.774. The topological polar surface area (TPSA) is 38.5 Å².